The molecular weight excluding hydrogens is 388 g/mol. The van der Waals surface area contributed by atoms with Crippen LogP contribution in [0.1, 0.15) is 59.8 Å². The number of benzene rings is 1. The minimum Gasteiger partial charge on any atom is -0.465 e. The van der Waals surface area contributed by atoms with E-state index in [4.69, 9.17) is 16.3 Å². The van der Waals surface area contributed by atoms with Crippen molar-refractivity contribution in [1.82, 2.24) is 9.47 Å². The molecule has 0 saturated carbocycles. The van der Waals surface area contributed by atoms with Gasteiger partial charge >= 0.3 is 5.97 Å². The van der Waals surface area contributed by atoms with E-state index in [2.05, 4.69) is 18.7 Å². The van der Waals surface area contributed by atoms with Crippen LogP contribution in [0.4, 0.5) is 0 Å². The molecule has 1 aromatic heterocycles. The Morgan fingerprint density at radius 2 is 1.83 bits per heavy atom. The van der Waals surface area contributed by atoms with E-state index in [1.165, 1.54) is 20.0 Å². The summed E-state index contributed by atoms with van der Waals surface area (Å²) in [7, 11) is 1.37. The second-order valence-electron chi connectivity index (χ2n) is 7.93. The number of hydrogen-bond acceptors (Lipinski definition) is 4. The highest BCUT2D eigenvalue weighted by molar-refractivity contribution is 6.30. The molecule has 156 valence electrons. The quantitative estimate of drug-likeness (QED) is 0.633. The van der Waals surface area contributed by atoms with E-state index in [-0.39, 0.29) is 22.5 Å². The molecule has 5 nitrogen and oxygen atoms in total. The second-order valence-corrected chi connectivity index (χ2v) is 8.33. The van der Waals surface area contributed by atoms with E-state index in [0.29, 0.717) is 18.5 Å². The molecule has 6 heteroatoms. The maximum atomic E-state index is 12.9. The predicted molar refractivity (Wildman–Crippen MR) is 116 cm³/mol. The summed E-state index contributed by atoms with van der Waals surface area (Å²) in [6.45, 7) is 7.76. The Balaban J connectivity index is 1.88. The van der Waals surface area contributed by atoms with Gasteiger partial charge in [0.2, 0.25) is 0 Å². The number of carbonyl (C=O) groups excluding carboxylic acids is 1. The van der Waals surface area contributed by atoms with Crippen LogP contribution in [0.25, 0.3) is 0 Å². The van der Waals surface area contributed by atoms with Crippen molar-refractivity contribution in [2.45, 2.75) is 52.1 Å². The molecule has 1 aliphatic heterocycles. The Morgan fingerprint density at radius 3 is 2.41 bits per heavy atom. The molecule has 0 amide bonds. The number of carbonyl (C=O) groups is 1. The highest BCUT2D eigenvalue weighted by Crippen LogP contribution is 2.24. The number of likely N-dealkylation sites (tertiary alicyclic amines) is 1. The van der Waals surface area contributed by atoms with Crippen molar-refractivity contribution in [2.75, 3.05) is 20.2 Å². The highest BCUT2D eigenvalue weighted by Gasteiger charge is 2.20. The molecule has 1 saturated heterocycles. The first kappa shape index (κ1) is 21.6. The van der Waals surface area contributed by atoms with Crippen LogP contribution in [-0.2, 0) is 24.2 Å². The van der Waals surface area contributed by atoms with Crippen LogP contribution in [0, 0.1) is 0 Å². The van der Waals surface area contributed by atoms with Gasteiger partial charge in [0.1, 0.15) is 5.02 Å². The first-order valence-electron chi connectivity index (χ1n) is 10.2. The lowest BCUT2D eigenvalue weighted by molar-refractivity contribution is 0.0600. The summed E-state index contributed by atoms with van der Waals surface area (Å²) < 4.78 is 6.60. The third-order valence-electron chi connectivity index (χ3n) is 5.58. The van der Waals surface area contributed by atoms with Crippen molar-refractivity contribution >= 4 is 17.6 Å². The van der Waals surface area contributed by atoms with Gasteiger partial charge in [0, 0.05) is 18.8 Å². The number of methoxy groups -OCH3 is 1. The number of nitrogens with zero attached hydrogens (tertiary/aromatic N) is 2. The van der Waals surface area contributed by atoms with Crippen LogP contribution in [0.3, 0.4) is 0 Å². The summed E-state index contributed by atoms with van der Waals surface area (Å²) in [5, 5.41) is 0.278. The maximum Gasteiger partial charge on any atom is 0.337 e. The van der Waals surface area contributed by atoms with E-state index >= 15 is 0 Å². The molecule has 3 rings (SSSR count). The summed E-state index contributed by atoms with van der Waals surface area (Å²) in [6, 6.07) is 9.18. The predicted octanol–water partition coefficient (Wildman–Crippen LogP) is 4.25. The fraction of sp³-hybridized carbons (Fsp3) is 0.478. The number of halogens is 1. The van der Waals surface area contributed by atoms with Gasteiger partial charge in [-0.05, 0) is 67.6 Å². The summed E-state index contributed by atoms with van der Waals surface area (Å²) in [5.41, 5.74) is 3.66. The van der Waals surface area contributed by atoms with Crippen molar-refractivity contribution in [3.63, 3.8) is 0 Å². The molecule has 0 atom stereocenters. The molecule has 1 aliphatic rings. The van der Waals surface area contributed by atoms with E-state index in [1.54, 1.807) is 12.1 Å². The van der Waals surface area contributed by atoms with Crippen molar-refractivity contribution in [3.05, 3.63) is 68.1 Å². The summed E-state index contributed by atoms with van der Waals surface area (Å²) in [6.07, 6.45) is 3.11. The van der Waals surface area contributed by atoms with Gasteiger partial charge in [-0.25, -0.2) is 4.79 Å². The fourth-order valence-electron chi connectivity index (χ4n) is 3.92. The van der Waals surface area contributed by atoms with Gasteiger partial charge in [-0.1, -0.05) is 37.6 Å². The van der Waals surface area contributed by atoms with Crippen LogP contribution in [0.15, 0.2) is 35.1 Å². The smallest absolute Gasteiger partial charge is 0.337 e. The Hall–Kier alpha value is -2.11. The van der Waals surface area contributed by atoms with Gasteiger partial charge in [-0.15, -0.1) is 0 Å². The van der Waals surface area contributed by atoms with E-state index in [0.717, 1.165) is 36.5 Å². The molecule has 1 fully saturated rings. The zero-order chi connectivity index (χ0) is 21.0. The summed E-state index contributed by atoms with van der Waals surface area (Å²) >= 11 is 6.31. The molecular formula is C23H29ClN2O3. The fourth-order valence-corrected chi connectivity index (χ4v) is 4.14. The maximum absolute atomic E-state index is 12.9. The number of aromatic nitrogens is 1. The first-order chi connectivity index (χ1) is 13.9. The topological polar surface area (TPSA) is 51.5 Å². The lowest BCUT2D eigenvalue weighted by atomic mass is 10.00. The molecule has 0 bridgehead atoms. The molecule has 29 heavy (non-hydrogen) atoms. The second kappa shape index (κ2) is 9.59. The lowest BCUT2D eigenvalue weighted by Crippen LogP contribution is -2.31. The zero-order valence-electron chi connectivity index (χ0n) is 17.4. The largest absolute Gasteiger partial charge is 0.465 e. The minimum absolute atomic E-state index is 0.128. The average Bonchev–Trinajstić information content (AvgIpc) is 3.23. The van der Waals surface area contributed by atoms with E-state index in [9.17, 15) is 9.59 Å². The zero-order valence-corrected chi connectivity index (χ0v) is 18.2. The van der Waals surface area contributed by atoms with Crippen molar-refractivity contribution in [2.24, 2.45) is 0 Å². The van der Waals surface area contributed by atoms with Crippen molar-refractivity contribution < 1.29 is 9.53 Å². The Morgan fingerprint density at radius 1 is 1.17 bits per heavy atom. The number of hydrogen-bond donors (Lipinski definition) is 0. The summed E-state index contributed by atoms with van der Waals surface area (Å²) in [4.78, 5) is 26.9. The van der Waals surface area contributed by atoms with Crippen LogP contribution in [-0.4, -0.2) is 35.6 Å². The lowest BCUT2D eigenvalue weighted by Gasteiger charge is -2.24. The molecule has 0 spiro atoms. The third kappa shape index (κ3) is 5.09. The number of pyridine rings is 1. The van der Waals surface area contributed by atoms with Gasteiger partial charge in [-0.3, -0.25) is 9.69 Å². The number of esters is 1. The van der Waals surface area contributed by atoms with Gasteiger partial charge in [0.25, 0.3) is 5.56 Å². The number of rotatable bonds is 7. The standard InChI is InChI=1S/C23H29ClN2O3/c1-16(2)19-14-20(24)22(27)26(21(19)15-25-11-4-5-12-25)13-10-17-6-8-18(9-7-17)23(28)29-3/h6-9,14,16H,4-5,10-13,15H2,1-3H3. The molecule has 0 N–H and O–H groups in total. The third-order valence-corrected chi connectivity index (χ3v) is 5.85. The van der Waals surface area contributed by atoms with Crippen molar-refractivity contribution in [1.29, 1.82) is 0 Å². The Kier molecular flexibility index (Phi) is 7.14. The number of aryl methyl sites for hydroxylation is 1. The molecule has 0 aliphatic carbocycles. The van der Waals surface area contributed by atoms with E-state index < -0.39 is 0 Å². The number of ether oxygens (including phenoxy) is 1. The minimum atomic E-state index is -0.350. The molecule has 2 heterocycles. The molecule has 0 radical (unpaired) electrons. The monoisotopic (exact) mass is 416 g/mol. The van der Waals surface area contributed by atoms with Gasteiger partial charge in [-0.2, -0.15) is 0 Å². The average molecular weight is 417 g/mol. The highest BCUT2D eigenvalue weighted by atomic mass is 35.5. The van der Waals surface area contributed by atoms with Crippen LogP contribution < -0.4 is 5.56 Å². The van der Waals surface area contributed by atoms with Crippen molar-refractivity contribution in [3.8, 4) is 0 Å². The Labute approximate surface area is 177 Å². The SMILES string of the molecule is COC(=O)c1ccc(CCn2c(CN3CCCC3)c(C(C)C)cc(Cl)c2=O)cc1. The van der Waals surface area contributed by atoms with Gasteiger partial charge in [0.05, 0.1) is 12.7 Å². The van der Waals surface area contributed by atoms with Gasteiger partial charge < -0.3 is 9.30 Å². The normalized spacial score (nSPS) is 14.5. The molecule has 2 aromatic rings. The molecule has 1 aromatic carbocycles. The van der Waals surface area contributed by atoms with Crippen LogP contribution >= 0.6 is 11.6 Å². The van der Waals surface area contributed by atoms with Crippen LogP contribution in [0.2, 0.25) is 5.02 Å². The molecule has 0 unspecified atom stereocenters. The Bertz CT molecular complexity index is 913. The van der Waals surface area contributed by atoms with E-state index in [1.807, 2.05) is 22.8 Å². The van der Waals surface area contributed by atoms with Crippen LogP contribution in [0.5, 0.6) is 0 Å². The van der Waals surface area contributed by atoms with Gasteiger partial charge in [0.15, 0.2) is 0 Å². The summed E-state index contributed by atoms with van der Waals surface area (Å²) in [5.74, 6) is -0.0617. The first-order valence-corrected chi connectivity index (χ1v) is 10.6.